The standard InChI is InChI=1S/C16H14FNO3/c17-14-8-4-7-13(9-14)15(19)10-18-16(20)21-11-12-5-2-1-3-6-12/h1-9H,10-11H2,(H,18,20). The van der Waals surface area contributed by atoms with Crippen molar-refractivity contribution < 1.29 is 18.7 Å². The van der Waals surface area contributed by atoms with Crippen LogP contribution in [0.15, 0.2) is 54.6 Å². The average molecular weight is 287 g/mol. The molecule has 0 aromatic heterocycles. The molecular formula is C16H14FNO3. The summed E-state index contributed by atoms with van der Waals surface area (Å²) in [4.78, 5) is 23.2. The molecule has 0 bridgehead atoms. The minimum Gasteiger partial charge on any atom is -0.445 e. The van der Waals surface area contributed by atoms with E-state index >= 15 is 0 Å². The van der Waals surface area contributed by atoms with Crippen LogP contribution in [0.3, 0.4) is 0 Å². The number of ether oxygens (including phenoxy) is 1. The smallest absolute Gasteiger partial charge is 0.407 e. The number of ketones is 1. The van der Waals surface area contributed by atoms with Gasteiger partial charge in [0.1, 0.15) is 12.4 Å². The van der Waals surface area contributed by atoms with Crippen LogP contribution in [0.1, 0.15) is 15.9 Å². The molecule has 0 atom stereocenters. The van der Waals surface area contributed by atoms with Gasteiger partial charge in [-0.15, -0.1) is 0 Å². The van der Waals surface area contributed by atoms with Crippen LogP contribution < -0.4 is 5.32 Å². The van der Waals surface area contributed by atoms with E-state index in [2.05, 4.69) is 5.32 Å². The van der Waals surface area contributed by atoms with Gasteiger partial charge in [-0.1, -0.05) is 42.5 Å². The van der Waals surface area contributed by atoms with E-state index < -0.39 is 11.9 Å². The van der Waals surface area contributed by atoms with Crippen LogP contribution >= 0.6 is 0 Å². The Morgan fingerprint density at radius 3 is 2.52 bits per heavy atom. The highest BCUT2D eigenvalue weighted by atomic mass is 19.1. The molecule has 2 rings (SSSR count). The van der Waals surface area contributed by atoms with E-state index in [0.29, 0.717) is 0 Å². The van der Waals surface area contributed by atoms with Gasteiger partial charge in [-0.05, 0) is 17.7 Å². The van der Waals surface area contributed by atoms with Gasteiger partial charge in [0, 0.05) is 5.56 Å². The highest BCUT2D eigenvalue weighted by molar-refractivity contribution is 5.98. The molecule has 2 aromatic rings. The molecule has 0 aliphatic carbocycles. The molecule has 0 unspecified atom stereocenters. The molecule has 0 fully saturated rings. The van der Waals surface area contributed by atoms with Gasteiger partial charge in [-0.2, -0.15) is 0 Å². The molecule has 0 saturated carbocycles. The van der Waals surface area contributed by atoms with Crippen molar-refractivity contribution in [3.05, 3.63) is 71.5 Å². The van der Waals surface area contributed by atoms with Crippen molar-refractivity contribution in [2.75, 3.05) is 6.54 Å². The van der Waals surface area contributed by atoms with E-state index in [1.807, 2.05) is 30.3 Å². The fourth-order valence-corrected chi connectivity index (χ4v) is 1.69. The third kappa shape index (κ3) is 4.72. The number of halogens is 1. The summed E-state index contributed by atoms with van der Waals surface area (Å²) >= 11 is 0. The van der Waals surface area contributed by atoms with E-state index in [-0.39, 0.29) is 24.5 Å². The van der Waals surface area contributed by atoms with Crippen molar-refractivity contribution in [2.45, 2.75) is 6.61 Å². The minimum atomic E-state index is -0.691. The second-order valence-electron chi connectivity index (χ2n) is 4.35. The molecule has 0 aliphatic rings. The van der Waals surface area contributed by atoms with Gasteiger partial charge in [-0.25, -0.2) is 9.18 Å². The lowest BCUT2D eigenvalue weighted by atomic mass is 10.1. The zero-order valence-corrected chi connectivity index (χ0v) is 11.2. The summed E-state index contributed by atoms with van der Waals surface area (Å²) in [5, 5.41) is 2.34. The summed E-state index contributed by atoms with van der Waals surface area (Å²) in [6, 6.07) is 14.5. The number of benzene rings is 2. The lowest BCUT2D eigenvalue weighted by Crippen LogP contribution is -2.30. The maximum atomic E-state index is 13.0. The quantitative estimate of drug-likeness (QED) is 0.860. The van der Waals surface area contributed by atoms with Crippen LogP contribution in [0.2, 0.25) is 0 Å². The summed E-state index contributed by atoms with van der Waals surface area (Å²) in [5.41, 5.74) is 1.06. The van der Waals surface area contributed by atoms with Gasteiger partial charge < -0.3 is 10.1 Å². The Morgan fingerprint density at radius 2 is 1.81 bits per heavy atom. The molecule has 1 amide bonds. The van der Waals surface area contributed by atoms with Gasteiger partial charge >= 0.3 is 6.09 Å². The summed E-state index contributed by atoms with van der Waals surface area (Å²) in [6.45, 7) is -0.113. The number of alkyl carbamates (subject to hydrolysis) is 1. The SMILES string of the molecule is O=C(NCC(=O)c1cccc(F)c1)OCc1ccccc1. The van der Waals surface area contributed by atoms with Crippen LogP contribution in [0.5, 0.6) is 0 Å². The molecule has 2 aromatic carbocycles. The number of nitrogens with one attached hydrogen (secondary N) is 1. The van der Waals surface area contributed by atoms with Crippen molar-refractivity contribution in [1.29, 1.82) is 0 Å². The summed E-state index contributed by atoms with van der Waals surface area (Å²) < 4.78 is 17.9. The molecule has 0 spiro atoms. The third-order valence-electron chi connectivity index (χ3n) is 2.75. The van der Waals surface area contributed by atoms with E-state index in [4.69, 9.17) is 4.74 Å². The molecule has 5 heteroatoms. The number of Topliss-reactive ketones (excluding diaryl/α,β-unsaturated/α-hetero) is 1. The van der Waals surface area contributed by atoms with E-state index in [0.717, 1.165) is 11.6 Å². The Kier molecular flexibility index (Phi) is 5.04. The molecule has 4 nitrogen and oxygen atoms in total. The second-order valence-corrected chi connectivity index (χ2v) is 4.35. The number of carbonyl (C=O) groups excluding carboxylic acids is 2. The van der Waals surface area contributed by atoms with Crippen LogP contribution in [-0.4, -0.2) is 18.4 Å². The lowest BCUT2D eigenvalue weighted by Gasteiger charge is -2.06. The molecular weight excluding hydrogens is 273 g/mol. The average Bonchev–Trinajstić information content (AvgIpc) is 2.51. The Balaban J connectivity index is 1.77. The van der Waals surface area contributed by atoms with E-state index in [9.17, 15) is 14.0 Å². The normalized spacial score (nSPS) is 9.95. The van der Waals surface area contributed by atoms with Gasteiger partial charge in [-0.3, -0.25) is 4.79 Å². The monoisotopic (exact) mass is 287 g/mol. The Morgan fingerprint density at radius 1 is 1.05 bits per heavy atom. The van der Waals surface area contributed by atoms with Crippen LogP contribution in [0, 0.1) is 5.82 Å². The number of hydrogen-bond donors (Lipinski definition) is 1. The molecule has 0 aliphatic heterocycles. The molecule has 0 heterocycles. The molecule has 0 radical (unpaired) electrons. The van der Waals surface area contributed by atoms with Crippen LogP contribution in [0.25, 0.3) is 0 Å². The largest absolute Gasteiger partial charge is 0.445 e. The highest BCUT2D eigenvalue weighted by Crippen LogP contribution is 2.04. The zero-order chi connectivity index (χ0) is 15.1. The van der Waals surface area contributed by atoms with Crippen LogP contribution in [0.4, 0.5) is 9.18 Å². The van der Waals surface area contributed by atoms with Crippen molar-refractivity contribution in [3.63, 3.8) is 0 Å². The summed E-state index contributed by atoms with van der Waals surface area (Å²) in [6.07, 6.45) is -0.691. The first-order valence-corrected chi connectivity index (χ1v) is 6.38. The number of rotatable bonds is 5. The minimum absolute atomic E-state index is 0.126. The Labute approximate surface area is 121 Å². The number of hydrogen-bond acceptors (Lipinski definition) is 3. The van der Waals surface area contributed by atoms with Gasteiger partial charge in [0.15, 0.2) is 5.78 Å². The third-order valence-corrected chi connectivity index (χ3v) is 2.75. The second kappa shape index (κ2) is 7.19. The first-order chi connectivity index (χ1) is 10.1. The number of carbonyl (C=O) groups is 2. The predicted molar refractivity (Wildman–Crippen MR) is 75.4 cm³/mol. The maximum Gasteiger partial charge on any atom is 0.407 e. The molecule has 1 N–H and O–H groups in total. The highest BCUT2D eigenvalue weighted by Gasteiger charge is 2.09. The Bertz CT molecular complexity index is 628. The van der Waals surface area contributed by atoms with E-state index in [1.54, 1.807) is 0 Å². The van der Waals surface area contributed by atoms with Crippen molar-refractivity contribution in [2.24, 2.45) is 0 Å². The molecule has 108 valence electrons. The predicted octanol–water partition coefficient (Wildman–Crippen LogP) is 2.93. The Hall–Kier alpha value is -2.69. The first kappa shape index (κ1) is 14.7. The van der Waals surface area contributed by atoms with Crippen molar-refractivity contribution >= 4 is 11.9 Å². The van der Waals surface area contributed by atoms with Crippen LogP contribution in [-0.2, 0) is 11.3 Å². The number of amides is 1. The van der Waals surface area contributed by atoms with Crippen molar-refractivity contribution in [1.82, 2.24) is 5.32 Å². The fourth-order valence-electron chi connectivity index (χ4n) is 1.69. The van der Waals surface area contributed by atoms with Gasteiger partial charge in [0.25, 0.3) is 0 Å². The molecule has 21 heavy (non-hydrogen) atoms. The maximum absolute atomic E-state index is 13.0. The summed E-state index contributed by atoms with van der Waals surface area (Å²) in [7, 11) is 0. The summed E-state index contributed by atoms with van der Waals surface area (Å²) in [5.74, 6) is -0.876. The fraction of sp³-hybridized carbons (Fsp3) is 0.125. The topological polar surface area (TPSA) is 55.4 Å². The van der Waals surface area contributed by atoms with Gasteiger partial charge in [0.2, 0.25) is 0 Å². The first-order valence-electron chi connectivity index (χ1n) is 6.38. The molecule has 0 saturated heterocycles. The van der Waals surface area contributed by atoms with Crippen molar-refractivity contribution in [3.8, 4) is 0 Å². The van der Waals surface area contributed by atoms with Gasteiger partial charge in [0.05, 0.1) is 6.54 Å². The zero-order valence-electron chi connectivity index (χ0n) is 11.2. The van der Waals surface area contributed by atoms with E-state index in [1.165, 1.54) is 18.2 Å². The lowest BCUT2D eigenvalue weighted by molar-refractivity contribution is 0.0973.